The standard InChI is InChI=1S/C7H15N.HI.H2/c1-3-8-7(2)5-4-6-7;;/h8H,3-6H2,1-2H3;2*1H. The molecule has 0 bridgehead atoms. The maximum atomic E-state index is 3.46. The average molecular weight is 243 g/mol. The molecule has 0 heterocycles. The second kappa shape index (κ2) is 3.76. The van der Waals surface area contributed by atoms with E-state index in [0.717, 1.165) is 6.54 Å². The maximum Gasteiger partial charge on any atom is 0.0153 e. The Bertz CT molecular complexity index is 83.7. The van der Waals surface area contributed by atoms with Crippen LogP contribution in [0.4, 0.5) is 0 Å². The monoisotopic (exact) mass is 243 g/mol. The molecule has 1 saturated carbocycles. The molecule has 1 fully saturated rings. The van der Waals surface area contributed by atoms with E-state index >= 15 is 0 Å². The lowest BCUT2D eigenvalue weighted by Gasteiger charge is -2.39. The van der Waals surface area contributed by atoms with Gasteiger partial charge in [0, 0.05) is 6.97 Å². The van der Waals surface area contributed by atoms with Crippen LogP contribution in [-0.4, -0.2) is 12.1 Å². The van der Waals surface area contributed by atoms with Crippen molar-refractivity contribution < 1.29 is 1.43 Å². The SMILES string of the molecule is CCNC1(C)CCC1.I.[HH]. The van der Waals surface area contributed by atoms with Crippen LogP contribution in [0.5, 0.6) is 0 Å². The Hall–Kier alpha value is 0.690. The van der Waals surface area contributed by atoms with Crippen LogP contribution in [0.1, 0.15) is 34.5 Å². The van der Waals surface area contributed by atoms with E-state index in [4.69, 9.17) is 0 Å². The largest absolute Gasteiger partial charge is 0.312 e. The van der Waals surface area contributed by atoms with Crippen molar-refractivity contribution in [1.82, 2.24) is 5.32 Å². The fourth-order valence-electron chi connectivity index (χ4n) is 1.31. The topological polar surface area (TPSA) is 12.0 Å². The minimum atomic E-state index is 0. The summed E-state index contributed by atoms with van der Waals surface area (Å²) in [4.78, 5) is 0. The van der Waals surface area contributed by atoms with Crippen molar-refractivity contribution in [2.75, 3.05) is 6.54 Å². The molecule has 1 rings (SSSR count). The zero-order valence-corrected chi connectivity index (χ0v) is 8.57. The van der Waals surface area contributed by atoms with Gasteiger partial charge < -0.3 is 5.32 Å². The van der Waals surface area contributed by atoms with Gasteiger partial charge >= 0.3 is 0 Å². The number of nitrogens with one attached hydrogen (secondary N) is 1. The predicted octanol–water partition coefficient (Wildman–Crippen LogP) is 2.40. The van der Waals surface area contributed by atoms with E-state index in [2.05, 4.69) is 19.2 Å². The van der Waals surface area contributed by atoms with Gasteiger partial charge in [-0.15, -0.1) is 24.0 Å². The minimum Gasteiger partial charge on any atom is -0.312 e. The lowest BCUT2D eigenvalue weighted by atomic mass is 9.79. The van der Waals surface area contributed by atoms with Crippen LogP contribution >= 0.6 is 24.0 Å². The highest BCUT2D eigenvalue weighted by Gasteiger charge is 2.29. The predicted molar refractivity (Wildman–Crippen MR) is 53.5 cm³/mol. The Morgan fingerprint density at radius 2 is 2.11 bits per heavy atom. The van der Waals surface area contributed by atoms with Gasteiger partial charge in [-0.1, -0.05) is 6.92 Å². The van der Waals surface area contributed by atoms with Crippen molar-refractivity contribution in [2.45, 2.75) is 38.6 Å². The molecule has 0 aromatic carbocycles. The first-order valence-corrected chi connectivity index (χ1v) is 3.52. The molecule has 0 atom stereocenters. The molecule has 1 nitrogen and oxygen atoms in total. The Morgan fingerprint density at radius 1 is 1.56 bits per heavy atom. The van der Waals surface area contributed by atoms with E-state index in [9.17, 15) is 0 Å². The molecule has 0 aromatic rings. The van der Waals surface area contributed by atoms with Gasteiger partial charge in [0.25, 0.3) is 0 Å². The van der Waals surface area contributed by atoms with Crippen LogP contribution in [0.3, 0.4) is 0 Å². The summed E-state index contributed by atoms with van der Waals surface area (Å²) in [6.45, 7) is 5.60. The van der Waals surface area contributed by atoms with Crippen LogP contribution in [0.15, 0.2) is 0 Å². The Labute approximate surface area is 76.1 Å². The minimum absolute atomic E-state index is 0. The highest BCUT2D eigenvalue weighted by Crippen LogP contribution is 2.30. The van der Waals surface area contributed by atoms with Crippen LogP contribution in [-0.2, 0) is 0 Å². The molecule has 1 aliphatic rings. The first kappa shape index (κ1) is 9.69. The van der Waals surface area contributed by atoms with E-state index in [1.807, 2.05) is 0 Å². The molecule has 0 spiro atoms. The summed E-state index contributed by atoms with van der Waals surface area (Å²) >= 11 is 0. The molecular weight excluding hydrogens is 225 g/mol. The molecule has 0 saturated heterocycles. The summed E-state index contributed by atoms with van der Waals surface area (Å²) in [6, 6.07) is 0. The molecular formula is C7H18IN. The van der Waals surface area contributed by atoms with Crippen LogP contribution in [0.2, 0.25) is 0 Å². The zero-order valence-electron chi connectivity index (χ0n) is 6.24. The molecule has 0 aliphatic heterocycles. The van der Waals surface area contributed by atoms with Crippen LogP contribution in [0, 0.1) is 0 Å². The number of hydrogen-bond donors (Lipinski definition) is 1. The van der Waals surface area contributed by atoms with E-state index < -0.39 is 0 Å². The number of halogens is 1. The summed E-state index contributed by atoms with van der Waals surface area (Å²) in [5.74, 6) is 0. The number of hydrogen-bond acceptors (Lipinski definition) is 1. The first-order chi connectivity index (χ1) is 3.77. The fraction of sp³-hybridized carbons (Fsp3) is 1.00. The molecule has 58 valence electrons. The molecule has 1 aliphatic carbocycles. The van der Waals surface area contributed by atoms with Gasteiger partial charge in [0.1, 0.15) is 0 Å². The van der Waals surface area contributed by atoms with E-state index in [0.29, 0.717) is 5.54 Å². The van der Waals surface area contributed by atoms with Gasteiger partial charge in [0.15, 0.2) is 0 Å². The van der Waals surface area contributed by atoms with Crippen molar-refractivity contribution in [3.05, 3.63) is 0 Å². The van der Waals surface area contributed by atoms with Gasteiger partial charge in [0.2, 0.25) is 0 Å². The third-order valence-electron chi connectivity index (χ3n) is 2.06. The molecule has 1 N–H and O–H groups in total. The molecule has 0 unspecified atom stereocenters. The fourth-order valence-corrected chi connectivity index (χ4v) is 1.31. The third-order valence-corrected chi connectivity index (χ3v) is 2.06. The van der Waals surface area contributed by atoms with Crippen molar-refractivity contribution in [3.63, 3.8) is 0 Å². The first-order valence-electron chi connectivity index (χ1n) is 3.52. The normalized spacial score (nSPS) is 22.0. The number of rotatable bonds is 2. The Kier molecular flexibility index (Phi) is 4.05. The third kappa shape index (κ3) is 2.42. The molecule has 0 amide bonds. The van der Waals surface area contributed by atoms with Crippen molar-refractivity contribution in [1.29, 1.82) is 0 Å². The van der Waals surface area contributed by atoms with Gasteiger partial charge in [-0.05, 0) is 32.7 Å². The highest BCUT2D eigenvalue weighted by atomic mass is 127. The van der Waals surface area contributed by atoms with Crippen LogP contribution in [0.25, 0.3) is 0 Å². The van der Waals surface area contributed by atoms with Gasteiger partial charge in [-0.3, -0.25) is 0 Å². The molecule has 9 heavy (non-hydrogen) atoms. The smallest absolute Gasteiger partial charge is 0.0153 e. The van der Waals surface area contributed by atoms with E-state index in [1.165, 1.54) is 19.3 Å². The van der Waals surface area contributed by atoms with Crippen molar-refractivity contribution >= 4 is 24.0 Å². The van der Waals surface area contributed by atoms with Crippen molar-refractivity contribution in [3.8, 4) is 0 Å². The molecule has 2 heteroatoms. The summed E-state index contributed by atoms with van der Waals surface area (Å²) in [5.41, 5.74) is 0.523. The lowest BCUT2D eigenvalue weighted by molar-refractivity contribution is 0.213. The van der Waals surface area contributed by atoms with Gasteiger partial charge in [-0.25, -0.2) is 0 Å². The second-order valence-electron chi connectivity index (χ2n) is 2.94. The summed E-state index contributed by atoms with van der Waals surface area (Å²) in [6.07, 6.45) is 4.17. The zero-order chi connectivity index (χ0) is 6.04. The second-order valence-corrected chi connectivity index (χ2v) is 2.94. The molecule has 0 aromatic heterocycles. The summed E-state index contributed by atoms with van der Waals surface area (Å²) in [7, 11) is 0. The summed E-state index contributed by atoms with van der Waals surface area (Å²) < 4.78 is 0. The van der Waals surface area contributed by atoms with Crippen LogP contribution < -0.4 is 5.32 Å². The van der Waals surface area contributed by atoms with E-state index in [-0.39, 0.29) is 25.4 Å². The Morgan fingerprint density at radius 3 is 2.22 bits per heavy atom. The highest BCUT2D eigenvalue weighted by molar-refractivity contribution is 14.0. The van der Waals surface area contributed by atoms with Crippen molar-refractivity contribution in [2.24, 2.45) is 0 Å². The average Bonchev–Trinajstić information content (AvgIpc) is 1.64. The Balaban J connectivity index is 0. The van der Waals surface area contributed by atoms with Gasteiger partial charge in [-0.2, -0.15) is 0 Å². The van der Waals surface area contributed by atoms with Gasteiger partial charge in [0.05, 0.1) is 0 Å². The summed E-state index contributed by atoms with van der Waals surface area (Å²) in [5, 5.41) is 3.46. The quantitative estimate of drug-likeness (QED) is 0.734. The maximum absolute atomic E-state index is 3.46. The molecule has 0 radical (unpaired) electrons. The lowest BCUT2D eigenvalue weighted by Crippen LogP contribution is -2.47. The van der Waals surface area contributed by atoms with E-state index in [1.54, 1.807) is 0 Å².